The van der Waals surface area contributed by atoms with Gasteiger partial charge in [0, 0.05) is 11.3 Å². The van der Waals surface area contributed by atoms with Crippen molar-refractivity contribution in [1.82, 2.24) is 20.2 Å². The molecule has 1 heterocycles. The van der Waals surface area contributed by atoms with Gasteiger partial charge < -0.3 is 10.1 Å². The molecule has 28 heavy (non-hydrogen) atoms. The van der Waals surface area contributed by atoms with Crippen LogP contribution in [0.4, 0.5) is 5.69 Å². The molecule has 0 atom stereocenters. The number of anilines is 1. The van der Waals surface area contributed by atoms with E-state index >= 15 is 0 Å². The third-order valence-corrected chi connectivity index (χ3v) is 4.04. The Balaban J connectivity index is 1.59. The smallest absolute Gasteiger partial charge is 0.338 e. The minimum Gasteiger partial charge on any atom is -0.462 e. The molecule has 1 aromatic heterocycles. The fourth-order valence-corrected chi connectivity index (χ4v) is 2.55. The first-order valence-corrected chi connectivity index (χ1v) is 9.03. The lowest BCUT2D eigenvalue weighted by atomic mass is 10.1. The maximum atomic E-state index is 12.2. The molecular formula is C20H21N5O3. The average Bonchev–Trinajstić information content (AvgIpc) is 3.17. The predicted molar refractivity (Wildman–Crippen MR) is 104 cm³/mol. The van der Waals surface area contributed by atoms with E-state index in [0.717, 1.165) is 12.0 Å². The van der Waals surface area contributed by atoms with Crippen molar-refractivity contribution in [3.05, 3.63) is 59.7 Å². The maximum Gasteiger partial charge on any atom is 0.338 e. The topological polar surface area (TPSA) is 99.0 Å². The summed E-state index contributed by atoms with van der Waals surface area (Å²) in [6.07, 6.45) is 0.960. The number of rotatable bonds is 7. The third kappa shape index (κ3) is 4.79. The van der Waals surface area contributed by atoms with E-state index in [1.165, 1.54) is 10.4 Å². The number of benzene rings is 2. The van der Waals surface area contributed by atoms with Crippen LogP contribution in [0.5, 0.6) is 0 Å². The lowest BCUT2D eigenvalue weighted by Crippen LogP contribution is -2.20. The second-order valence-electron chi connectivity index (χ2n) is 6.04. The van der Waals surface area contributed by atoms with Gasteiger partial charge in [-0.05, 0) is 48.4 Å². The average molecular weight is 379 g/mol. The summed E-state index contributed by atoms with van der Waals surface area (Å²) in [5.74, 6) is -0.227. The van der Waals surface area contributed by atoms with E-state index in [4.69, 9.17) is 4.74 Å². The van der Waals surface area contributed by atoms with Crippen LogP contribution in [-0.4, -0.2) is 38.7 Å². The third-order valence-electron chi connectivity index (χ3n) is 4.04. The van der Waals surface area contributed by atoms with E-state index in [1.54, 1.807) is 31.2 Å². The molecule has 0 aliphatic carbocycles. The van der Waals surface area contributed by atoms with Crippen molar-refractivity contribution >= 4 is 17.6 Å². The molecule has 0 aliphatic rings. The standard InChI is InChI=1S/C20H21N5O3/c1-3-14-5-7-15(8-6-14)19-22-24-25(23-19)13-18(26)21-17-11-9-16(10-12-17)20(27)28-4-2/h5-12H,3-4,13H2,1-2H3,(H,21,26). The molecule has 144 valence electrons. The molecule has 0 saturated heterocycles. The fraction of sp³-hybridized carbons (Fsp3) is 0.250. The van der Waals surface area contributed by atoms with Crippen molar-refractivity contribution in [3.63, 3.8) is 0 Å². The maximum absolute atomic E-state index is 12.2. The summed E-state index contributed by atoms with van der Waals surface area (Å²) in [5.41, 5.74) is 3.06. The zero-order valence-corrected chi connectivity index (χ0v) is 15.8. The highest BCUT2D eigenvalue weighted by atomic mass is 16.5. The highest BCUT2D eigenvalue weighted by Crippen LogP contribution is 2.15. The first-order chi connectivity index (χ1) is 13.6. The monoisotopic (exact) mass is 379 g/mol. The van der Waals surface area contributed by atoms with Gasteiger partial charge in [-0.1, -0.05) is 31.2 Å². The molecule has 8 heteroatoms. The highest BCUT2D eigenvalue weighted by molar-refractivity contribution is 5.92. The molecule has 0 bridgehead atoms. The summed E-state index contributed by atoms with van der Waals surface area (Å²) < 4.78 is 4.93. The summed E-state index contributed by atoms with van der Waals surface area (Å²) in [7, 11) is 0. The van der Waals surface area contributed by atoms with Gasteiger partial charge in [0.05, 0.1) is 12.2 Å². The normalized spacial score (nSPS) is 10.5. The quantitative estimate of drug-likeness (QED) is 0.634. The number of hydrogen-bond donors (Lipinski definition) is 1. The molecule has 0 radical (unpaired) electrons. The van der Waals surface area contributed by atoms with Gasteiger partial charge in [0.25, 0.3) is 0 Å². The molecular weight excluding hydrogens is 358 g/mol. The number of ether oxygens (including phenoxy) is 1. The first-order valence-electron chi connectivity index (χ1n) is 9.03. The molecule has 8 nitrogen and oxygen atoms in total. The molecule has 2 aromatic carbocycles. The van der Waals surface area contributed by atoms with Crippen molar-refractivity contribution < 1.29 is 14.3 Å². The molecule has 0 spiro atoms. The summed E-state index contributed by atoms with van der Waals surface area (Å²) in [5, 5.41) is 14.9. The lowest BCUT2D eigenvalue weighted by Gasteiger charge is -2.06. The van der Waals surface area contributed by atoms with E-state index in [1.807, 2.05) is 24.3 Å². The van der Waals surface area contributed by atoms with Gasteiger partial charge >= 0.3 is 5.97 Å². The Bertz CT molecular complexity index is 949. The molecule has 3 aromatic rings. The van der Waals surface area contributed by atoms with E-state index < -0.39 is 5.97 Å². The molecule has 0 fully saturated rings. The van der Waals surface area contributed by atoms with Gasteiger partial charge in [-0.15, -0.1) is 10.2 Å². The summed E-state index contributed by atoms with van der Waals surface area (Å²) in [6.45, 7) is 4.08. The fourth-order valence-electron chi connectivity index (χ4n) is 2.55. The Hall–Kier alpha value is -3.55. The second-order valence-corrected chi connectivity index (χ2v) is 6.04. The van der Waals surface area contributed by atoms with Crippen LogP contribution < -0.4 is 5.32 Å². The van der Waals surface area contributed by atoms with Crippen LogP contribution in [0.3, 0.4) is 0 Å². The largest absolute Gasteiger partial charge is 0.462 e. The van der Waals surface area contributed by atoms with Crippen molar-refractivity contribution in [1.29, 1.82) is 0 Å². The van der Waals surface area contributed by atoms with E-state index in [0.29, 0.717) is 23.7 Å². The van der Waals surface area contributed by atoms with Crippen LogP contribution in [-0.2, 0) is 22.5 Å². The number of carbonyl (C=O) groups is 2. The second kappa shape index (κ2) is 8.90. The summed E-state index contributed by atoms with van der Waals surface area (Å²) >= 11 is 0. The predicted octanol–water partition coefficient (Wildman–Crippen LogP) is 2.72. The van der Waals surface area contributed by atoms with Gasteiger partial charge in [0.15, 0.2) is 0 Å². The molecule has 0 unspecified atom stereocenters. The highest BCUT2D eigenvalue weighted by Gasteiger charge is 2.11. The zero-order chi connectivity index (χ0) is 19.9. The Kier molecular flexibility index (Phi) is 6.11. The Labute approximate surface area is 162 Å². The minimum atomic E-state index is -0.397. The number of amides is 1. The van der Waals surface area contributed by atoms with Crippen LogP contribution in [0.25, 0.3) is 11.4 Å². The van der Waals surface area contributed by atoms with Crippen molar-refractivity contribution in [2.45, 2.75) is 26.8 Å². The van der Waals surface area contributed by atoms with E-state index in [-0.39, 0.29) is 12.5 Å². The number of carbonyl (C=O) groups excluding carboxylic acids is 2. The van der Waals surface area contributed by atoms with Gasteiger partial charge in [0.1, 0.15) is 6.54 Å². The zero-order valence-electron chi connectivity index (χ0n) is 15.8. The number of aromatic nitrogens is 4. The van der Waals surface area contributed by atoms with Gasteiger partial charge in [-0.25, -0.2) is 4.79 Å². The van der Waals surface area contributed by atoms with Crippen molar-refractivity contribution in [2.24, 2.45) is 0 Å². The first kappa shape index (κ1) is 19.2. The van der Waals surface area contributed by atoms with Gasteiger partial charge in [-0.3, -0.25) is 4.79 Å². The van der Waals surface area contributed by atoms with Crippen LogP contribution in [0.2, 0.25) is 0 Å². The number of nitrogens with zero attached hydrogens (tertiary/aromatic N) is 4. The number of esters is 1. The Morgan fingerprint density at radius 2 is 1.75 bits per heavy atom. The Morgan fingerprint density at radius 1 is 1.04 bits per heavy atom. The summed E-state index contributed by atoms with van der Waals surface area (Å²) in [4.78, 5) is 25.1. The number of aryl methyl sites for hydroxylation is 1. The number of nitrogens with one attached hydrogen (secondary N) is 1. The Morgan fingerprint density at radius 3 is 2.39 bits per heavy atom. The minimum absolute atomic E-state index is 0.0698. The molecule has 3 rings (SSSR count). The van der Waals surface area contributed by atoms with Crippen molar-refractivity contribution in [2.75, 3.05) is 11.9 Å². The molecule has 0 saturated carbocycles. The lowest BCUT2D eigenvalue weighted by molar-refractivity contribution is -0.117. The molecule has 1 amide bonds. The van der Waals surface area contributed by atoms with Gasteiger partial charge in [0.2, 0.25) is 11.7 Å². The molecule has 0 aliphatic heterocycles. The number of tetrazole rings is 1. The van der Waals surface area contributed by atoms with Crippen LogP contribution in [0.1, 0.15) is 29.8 Å². The van der Waals surface area contributed by atoms with Gasteiger partial charge in [-0.2, -0.15) is 4.80 Å². The number of hydrogen-bond acceptors (Lipinski definition) is 6. The summed E-state index contributed by atoms with van der Waals surface area (Å²) in [6, 6.07) is 14.4. The molecule has 1 N–H and O–H groups in total. The van der Waals surface area contributed by atoms with Crippen LogP contribution >= 0.6 is 0 Å². The van der Waals surface area contributed by atoms with E-state index in [2.05, 4.69) is 27.7 Å². The van der Waals surface area contributed by atoms with Crippen molar-refractivity contribution in [3.8, 4) is 11.4 Å². The van der Waals surface area contributed by atoms with E-state index in [9.17, 15) is 9.59 Å². The van der Waals surface area contributed by atoms with Crippen LogP contribution in [0.15, 0.2) is 48.5 Å². The van der Waals surface area contributed by atoms with Crippen LogP contribution in [0, 0.1) is 0 Å². The SMILES string of the molecule is CCOC(=O)c1ccc(NC(=O)Cn2nnc(-c3ccc(CC)cc3)n2)cc1.